The van der Waals surface area contributed by atoms with E-state index in [1.54, 1.807) is 11.3 Å². The second-order valence-corrected chi connectivity index (χ2v) is 6.16. The Hall–Kier alpha value is -0.620. The van der Waals surface area contributed by atoms with Gasteiger partial charge in [-0.3, -0.25) is 0 Å². The van der Waals surface area contributed by atoms with Gasteiger partial charge in [-0.1, -0.05) is 0 Å². The fourth-order valence-corrected chi connectivity index (χ4v) is 3.08. The van der Waals surface area contributed by atoms with Gasteiger partial charge in [-0.05, 0) is 32.6 Å². The van der Waals surface area contributed by atoms with Gasteiger partial charge in [-0.25, -0.2) is 4.98 Å². The number of alkyl halides is 3. The molecule has 1 aliphatic carbocycles. The molecule has 0 atom stereocenters. The highest BCUT2D eigenvalue weighted by Gasteiger charge is 2.41. The van der Waals surface area contributed by atoms with Crippen LogP contribution in [-0.2, 0) is 6.54 Å². The summed E-state index contributed by atoms with van der Waals surface area (Å²) in [5.41, 5.74) is 0. The molecule has 1 N–H and O–H groups in total. The van der Waals surface area contributed by atoms with Crippen molar-refractivity contribution in [2.75, 3.05) is 0 Å². The molecule has 1 aromatic heterocycles. The number of aryl methyl sites for hydroxylation is 1. The summed E-state index contributed by atoms with van der Waals surface area (Å²) in [5, 5.41) is 4.31. The third-order valence-corrected chi connectivity index (χ3v) is 4.31. The summed E-state index contributed by atoms with van der Waals surface area (Å²) in [6, 6.07) is 0.202. The highest BCUT2D eigenvalue weighted by Crippen LogP contribution is 2.37. The minimum absolute atomic E-state index is 0.202. The van der Waals surface area contributed by atoms with Crippen molar-refractivity contribution in [3.63, 3.8) is 0 Å². The molecule has 0 spiro atoms. The first-order valence-corrected chi connectivity index (χ1v) is 6.98. The second-order valence-electron chi connectivity index (χ2n) is 4.84. The molecule has 0 amide bonds. The Kier molecular flexibility index (Phi) is 4.27. The lowest BCUT2D eigenvalue weighted by molar-refractivity contribution is -0.182. The topological polar surface area (TPSA) is 24.9 Å². The third-order valence-electron chi connectivity index (χ3n) is 3.40. The molecular formula is C12H17F3N2S. The molecule has 0 radical (unpaired) electrons. The Bertz CT molecular complexity index is 381. The van der Waals surface area contributed by atoms with E-state index in [4.69, 9.17) is 0 Å². The van der Waals surface area contributed by atoms with Gasteiger partial charge in [0.1, 0.15) is 5.01 Å². The number of rotatable bonds is 3. The van der Waals surface area contributed by atoms with Gasteiger partial charge in [0.15, 0.2) is 0 Å². The number of hydrogen-bond acceptors (Lipinski definition) is 3. The number of nitrogens with one attached hydrogen (secondary N) is 1. The van der Waals surface area contributed by atoms with Crippen molar-refractivity contribution in [1.29, 1.82) is 0 Å². The van der Waals surface area contributed by atoms with Crippen molar-refractivity contribution in [2.24, 2.45) is 5.92 Å². The quantitative estimate of drug-likeness (QED) is 0.912. The molecule has 6 heteroatoms. The summed E-state index contributed by atoms with van der Waals surface area (Å²) in [7, 11) is 0. The van der Waals surface area contributed by atoms with Crippen LogP contribution in [0.15, 0.2) is 6.20 Å². The minimum Gasteiger partial charge on any atom is -0.308 e. The van der Waals surface area contributed by atoms with Crippen LogP contribution >= 0.6 is 11.3 Å². The molecule has 0 saturated heterocycles. The van der Waals surface area contributed by atoms with E-state index in [0.29, 0.717) is 19.4 Å². The van der Waals surface area contributed by atoms with Crippen LogP contribution in [0.3, 0.4) is 0 Å². The normalized spacial score (nSPS) is 25.3. The maximum absolute atomic E-state index is 12.5. The maximum atomic E-state index is 12.5. The molecule has 1 aromatic rings. The second kappa shape index (κ2) is 5.57. The van der Waals surface area contributed by atoms with Gasteiger partial charge >= 0.3 is 6.18 Å². The lowest BCUT2D eigenvalue weighted by atomic mass is 9.85. The summed E-state index contributed by atoms with van der Waals surface area (Å²) in [5.74, 6) is -1.10. The van der Waals surface area contributed by atoms with Crippen molar-refractivity contribution in [3.05, 3.63) is 16.1 Å². The Morgan fingerprint density at radius 3 is 2.50 bits per heavy atom. The molecule has 0 aliphatic heterocycles. The van der Waals surface area contributed by atoms with Crippen LogP contribution in [0.4, 0.5) is 13.2 Å². The van der Waals surface area contributed by atoms with Crippen molar-refractivity contribution < 1.29 is 13.2 Å². The first kappa shape index (κ1) is 13.8. The molecule has 1 heterocycles. The molecule has 1 saturated carbocycles. The first-order chi connectivity index (χ1) is 8.45. The van der Waals surface area contributed by atoms with E-state index < -0.39 is 12.1 Å². The highest BCUT2D eigenvalue weighted by atomic mass is 32.1. The molecule has 18 heavy (non-hydrogen) atoms. The Labute approximate surface area is 109 Å². The van der Waals surface area contributed by atoms with Crippen LogP contribution in [0.25, 0.3) is 0 Å². The highest BCUT2D eigenvalue weighted by molar-refractivity contribution is 7.11. The lowest BCUT2D eigenvalue weighted by Crippen LogP contribution is -2.36. The largest absolute Gasteiger partial charge is 0.391 e. The van der Waals surface area contributed by atoms with Crippen LogP contribution in [0.1, 0.15) is 35.6 Å². The predicted octanol–water partition coefficient (Wildman–Crippen LogP) is 3.66. The van der Waals surface area contributed by atoms with Gasteiger partial charge in [0.2, 0.25) is 0 Å². The Morgan fingerprint density at radius 2 is 2.00 bits per heavy atom. The Balaban J connectivity index is 1.74. The molecule has 0 aromatic carbocycles. The summed E-state index contributed by atoms with van der Waals surface area (Å²) < 4.78 is 37.5. The minimum atomic E-state index is -4.02. The van der Waals surface area contributed by atoms with E-state index >= 15 is 0 Å². The first-order valence-electron chi connectivity index (χ1n) is 6.16. The van der Waals surface area contributed by atoms with Gasteiger partial charge in [-0.15, -0.1) is 11.3 Å². The summed E-state index contributed by atoms with van der Waals surface area (Å²) in [6.07, 6.45) is -0.487. The van der Waals surface area contributed by atoms with Crippen LogP contribution in [0.2, 0.25) is 0 Å². The smallest absolute Gasteiger partial charge is 0.308 e. The van der Waals surface area contributed by atoms with E-state index in [0.717, 1.165) is 9.88 Å². The molecule has 1 fully saturated rings. The van der Waals surface area contributed by atoms with Gasteiger partial charge in [0, 0.05) is 23.7 Å². The van der Waals surface area contributed by atoms with Gasteiger partial charge < -0.3 is 5.32 Å². The molecule has 2 nitrogen and oxygen atoms in total. The summed E-state index contributed by atoms with van der Waals surface area (Å²) in [6.45, 7) is 2.66. The number of thiazole rings is 1. The van der Waals surface area contributed by atoms with Crippen molar-refractivity contribution >= 4 is 11.3 Å². The number of nitrogens with zero attached hydrogens (tertiary/aromatic N) is 1. The Morgan fingerprint density at radius 1 is 1.33 bits per heavy atom. The maximum Gasteiger partial charge on any atom is 0.391 e. The zero-order valence-electron chi connectivity index (χ0n) is 10.3. The van der Waals surface area contributed by atoms with E-state index in [1.165, 1.54) is 0 Å². The molecule has 1 aliphatic rings. The van der Waals surface area contributed by atoms with Gasteiger partial charge in [0.25, 0.3) is 0 Å². The lowest BCUT2D eigenvalue weighted by Gasteiger charge is -2.30. The molecule has 0 unspecified atom stereocenters. The van der Waals surface area contributed by atoms with Crippen molar-refractivity contribution in [2.45, 2.75) is 51.4 Å². The predicted molar refractivity (Wildman–Crippen MR) is 65.5 cm³/mol. The molecule has 0 bridgehead atoms. The van der Waals surface area contributed by atoms with Gasteiger partial charge in [0.05, 0.1) is 5.92 Å². The van der Waals surface area contributed by atoms with Crippen LogP contribution in [-0.4, -0.2) is 17.2 Å². The SMILES string of the molecule is Cc1cnc(CNC2CCC(C(F)(F)F)CC2)s1. The summed E-state index contributed by atoms with van der Waals surface area (Å²) >= 11 is 1.63. The van der Waals surface area contributed by atoms with Crippen LogP contribution < -0.4 is 5.32 Å². The van der Waals surface area contributed by atoms with E-state index in [1.807, 2.05) is 13.1 Å². The zero-order valence-corrected chi connectivity index (χ0v) is 11.1. The number of halogens is 3. The van der Waals surface area contributed by atoms with E-state index in [2.05, 4.69) is 10.3 Å². The van der Waals surface area contributed by atoms with Crippen LogP contribution in [0.5, 0.6) is 0 Å². The number of hydrogen-bond donors (Lipinski definition) is 1. The molecule has 102 valence electrons. The fourth-order valence-electron chi connectivity index (χ4n) is 2.34. The van der Waals surface area contributed by atoms with E-state index in [-0.39, 0.29) is 18.9 Å². The average Bonchev–Trinajstić information content (AvgIpc) is 2.72. The standard InChI is InChI=1S/C12H17F3N2S/c1-8-6-17-11(18-8)7-16-10-4-2-9(3-5-10)12(13,14)15/h6,9-10,16H,2-5,7H2,1H3. The average molecular weight is 278 g/mol. The summed E-state index contributed by atoms with van der Waals surface area (Å²) in [4.78, 5) is 5.39. The molecule has 2 rings (SSSR count). The number of aromatic nitrogens is 1. The van der Waals surface area contributed by atoms with E-state index in [9.17, 15) is 13.2 Å². The zero-order chi connectivity index (χ0) is 13.2. The third kappa shape index (κ3) is 3.68. The van der Waals surface area contributed by atoms with Crippen molar-refractivity contribution in [3.8, 4) is 0 Å². The fraction of sp³-hybridized carbons (Fsp3) is 0.750. The van der Waals surface area contributed by atoms with Crippen molar-refractivity contribution in [1.82, 2.24) is 10.3 Å². The van der Waals surface area contributed by atoms with Crippen LogP contribution in [0, 0.1) is 12.8 Å². The monoisotopic (exact) mass is 278 g/mol. The molecular weight excluding hydrogens is 261 g/mol. The van der Waals surface area contributed by atoms with Gasteiger partial charge in [-0.2, -0.15) is 13.2 Å².